The predicted molar refractivity (Wildman–Crippen MR) is 129 cm³/mol. The van der Waals surface area contributed by atoms with Gasteiger partial charge in [0.2, 0.25) is 5.91 Å². The highest BCUT2D eigenvalue weighted by molar-refractivity contribution is 7.98. The normalized spacial score (nSPS) is 13.2. The fourth-order valence-electron chi connectivity index (χ4n) is 3.72. The molecule has 31 heavy (non-hydrogen) atoms. The molecule has 2 N–H and O–H groups in total. The van der Waals surface area contributed by atoms with E-state index in [1.807, 2.05) is 73.1 Å². The standard InChI is InChI=1S/C24H25ClN4OS/c1-31-15-12-21(24-27-19-6-2-3-7-20(19)28-24)26-23(30)16-22(29-13-4-5-14-29)17-8-10-18(25)11-9-17/h2-11,13-14,21-22H,12,15-16H2,1H3,(H,26,30)(H,27,28)/t21-,22+/m0/s1. The quantitative estimate of drug-likeness (QED) is 0.347. The van der Waals surface area contributed by atoms with Crippen LogP contribution < -0.4 is 5.32 Å². The topological polar surface area (TPSA) is 62.7 Å². The van der Waals surface area contributed by atoms with E-state index in [2.05, 4.69) is 21.1 Å². The third-order valence-electron chi connectivity index (χ3n) is 5.30. The van der Waals surface area contributed by atoms with Gasteiger partial charge >= 0.3 is 0 Å². The Morgan fingerprint density at radius 3 is 2.58 bits per heavy atom. The fourth-order valence-corrected chi connectivity index (χ4v) is 4.31. The molecule has 2 aromatic carbocycles. The molecular weight excluding hydrogens is 428 g/mol. The Kier molecular flexibility index (Phi) is 6.99. The zero-order chi connectivity index (χ0) is 21.6. The minimum absolute atomic E-state index is 0.0137. The Balaban J connectivity index is 1.54. The zero-order valence-electron chi connectivity index (χ0n) is 17.3. The van der Waals surface area contributed by atoms with Crippen molar-refractivity contribution in [3.8, 4) is 0 Å². The number of nitrogens with one attached hydrogen (secondary N) is 2. The number of halogens is 1. The highest BCUT2D eigenvalue weighted by atomic mass is 35.5. The number of aromatic nitrogens is 3. The van der Waals surface area contributed by atoms with Crippen LogP contribution in [0.25, 0.3) is 11.0 Å². The van der Waals surface area contributed by atoms with E-state index in [9.17, 15) is 4.79 Å². The third-order valence-corrected chi connectivity index (χ3v) is 6.20. The lowest BCUT2D eigenvalue weighted by molar-refractivity contribution is -0.122. The van der Waals surface area contributed by atoms with Crippen LogP contribution in [0.4, 0.5) is 0 Å². The molecular formula is C24H25ClN4OS. The molecule has 2 aromatic heterocycles. The van der Waals surface area contributed by atoms with Gasteiger partial charge in [-0.2, -0.15) is 11.8 Å². The summed E-state index contributed by atoms with van der Waals surface area (Å²) >= 11 is 7.83. The molecule has 5 nitrogen and oxygen atoms in total. The first-order valence-corrected chi connectivity index (χ1v) is 12.0. The van der Waals surface area contributed by atoms with Crippen molar-refractivity contribution in [3.05, 3.63) is 89.5 Å². The van der Waals surface area contributed by atoms with Crippen molar-refractivity contribution in [2.24, 2.45) is 0 Å². The monoisotopic (exact) mass is 452 g/mol. The minimum Gasteiger partial charge on any atom is -0.346 e. The van der Waals surface area contributed by atoms with Crippen LogP contribution in [-0.4, -0.2) is 32.5 Å². The summed E-state index contributed by atoms with van der Waals surface area (Å²) in [6.45, 7) is 0. The van der Waals surface area contributed by atoms with Crippen LogP contribution >= 0.6 is 23.4 Å². The van der Waals surface area contributed by atoms with Gasteiger partial charge in [-0.3, -0.25) is 4.79 Å². The number of nitrogens with zero attached hydrogens (tertiary/aromatic N) is 2. The van der Waals surface area contributed by atoms with Gasteiger partial charge in [0.25, 0.3) is 0 Å². The summed E-state index contributed by atoms with van der Waals surface area (Å²) in [5.41, 5.74) is 2.93. The number of hydrogen-bond acceptors (Lipinski definition) is 3. The number of carbonyl (C=O) groups excluding carboxylic acids is 1. The van der Waals surface area contributed by atoms with E-state index in [1.54, 1.807) is 11.8 Å². The van der Waals surface area contributed by atoms with Crippen LogP contribution in [0.5, 0.6) is 0 Å². The van der Waals surface area contributed by atoms with Gasteiger partial charge in [-0.15, -0.1) is 0 Å². The maximum absolute atomic E-state index is 13.2. The van der Waals surface area contributed by atoms with E-state index < -0.39 is 0 Å². The molecule has 2 heterocycles. The van der Waals surface area contributed by atoms with Crippen LogP contribution in [0.2, 0.25) is 5.02 Å². The number of rotatable bonds is 9. The molecule has 2 atom stereocenters. The van der Waals surface area contributed by atoms with E-state index >= 15 is 0 Å². The Hall–Kier alpha value is -2.70. The summed E-state index contributed by atoms with van der Waals surface area (Å²) < 4.78 is 2.06. The summed E-state index contributed by atoms with van der Waals surface area (Å²) in [4.78, 5) is 21.2. The zero-order valence-corrected chi connectivity index (χ0v) is 18.9. The fraction of sp³-hybridized carbons (Fsp3) is 0.250. The lowest BCUT2D eigenvalue weighted by Crippen LogP contribution is -2.31. The summed E-state index contributed by atoms with van der Waals surface area (Å²) in [6.07, 6.45) is 7.17. The highest BCUT2D eigenvalue weighted by Gasteiger charge is 2.22. The smallest absolute Gasteiger partial charge is 0.223 e. The number of carbonyl (C=O) groups is 1. The molecule has 0 saturated heterocycles. The molecule has 1 amide bonds. The first-order valence-electron chi connectivity index (χ1n) is 10.2. The number of amides is 1. The Labute approximate surface area is 191 Å². The van der Waals surface area contributed by atoms with E-state index in [0.717, 1.165) is 34.6 Å². The van der Waals surface area contributed by atoms with Crippen LogP contribution in [-0.2, 0) is 4.79 Å². The SMILES string of the molecule is CSCC[C@H](NC(=O)C[C@H](c1ccc(Cl)cc1)n1cccc1)c1nc2ccccc2[nH]1. The summed E-state index contributed by atoms with van der Waals surface area (Å²) in [7, 11) is 0. The lowest BCUT2D eigenvalue weighted by Gasteiger charge is -2.22. The van der Waals surface area contributed by atoms with Crippen molar-refractivity contribution in [3.63, 3.8) is 0 Å². The molecule has 0 aliphatic heterocycles. The summed E-state index contributed by atoms with van der Waals surface area (Å²) in [6, 6.07) is 19.3. The second-order valence-electron chi connectivity index (χ2n) is 7.44. The number of para-hydroxylation sites is 2. The largest absolute Gasteiger partial charge is 0.346 e. The van der Waals surface area contributed by atoms with Crippen LogP contribution in [0.15, 0.2) is 73.1 Å². The van der Waals surface area contributed by atoms with E-state index in [4.69, 9.17) is 16.6 Å². The predicted octanol–water partition coefficient (Wildman–Crippen LogP) is 5.61. The molecule has 0 saturated carbocycles. The van der Waals surface area contributed by atoms with Crippen LogP contribution in [0, 0.1) is 0 Å². The van der Waals surface area contributed by atoms with Crippen LogP contribution in [0.3, 0.4) is 0 Å². The van der Waals surface area contributed by atoms with Gasteiger partial charge in [0.05, 0.1) is 29.5 Å². The number of H-pyrrole nitrogens is 1. The van der Waals surface area contributed by atoms with Gasteiger partial charge in [0.15, 0.2) is 0 Å². The molecule has 0 radical (unpaired) electrons. The van der Waals surface area contributed by atoms with Gasteiger partial charge in [-0.05, 0) is 60.4 Å². The van der Waals surface area contributed by atoms with Crippen molar-refractivity contribution < 1.29 is 4.79 Å². The van der Waals surface area contributed by atoms with E-state index in [0.29, 0.717) is 11.4 Å². The molecule has 0 fully saturated rings. The first kappa shape index (κ1) is 21.5. The van der Waals surface area contributed by atoms with Crippen molar-refractivity contribution >= 4 is 40.3 Å². The molecule has 4 aromatic rings. The second kappa shape index (κ2) is 10.1. The van der Waals surface area contributed by atoms with Gasteiger partial charge in [0, 0.05) is 17.4 Å². The number of fused-ring (bicyclic) bond motifs is 1. The van der Waals surface area contributed by atoms with Crippen molar-refractivity contribution in [1.82, 2.24) is 19.9 Å². The van der Waals surface area contributed by atoms with Gasteiger partial charge in [-0.1, -0.05) is 35.9 Å². The summed E-state index contributed by atoms with van der Waals surface area (Å²) in [5.74, 6) is 1.72. The maximum atomic E-state index is 13.2. The van der Waals surface area contributed by atoms with Crippen molar-refractivity contribution in [1.29, 1.82) is 0 Å². The molecule has 160 valence electrons. The Morgan fingerprint density at radius 1 is 1.13 bits per heavy atom. The summed E-state index contributed by atoms with van der Waals surface area (Å²) in [5, 5.41) is 3.90. The molecule has 0 spiro atoms. The number of hydrogen-bond donors (Lipinski definition) is 2. The minimum atomic E-state index is -0.164. The molecule has 4 rings (SSSR count). The average Bonchev–Trinajstić information content (AvgIpc) is 3.45. The highest BCUT2D eigenvalue weighted by Crippen LogP contribution is 2.25. The lowest BCUT2D eigenvalue weighted by atomic mass is 10.0. The van der Waals surface area contributed by atoms with Crippen molar-refractivity contribution in [2.45, 2.75) is 24.9 Å². The van der Waals surface area contributed by atoms with Gasteiger partial charge < -0.3 is 14.9 Å². The molecule has 7 heteroatoms. The number of imidazole rings is 1. The third kappa shape index (κ3) is 5.32. The van der Waals surface area contributed by atoms with Crippen LogP contribution in [0.1, 0.15) is 36.3 Å². The average molecular weight is 453 g/mol. The van der Waals surface area contributed by atoms with Gasteiger partial charge in [-0.25, -0.2) is 4.98 Å². The molecule has 0 bridgehead atoms. The number of aromatic amines is 1. The maximum Gasteiger partial charge on any atom is 0.223 e. The molecule has 0 unspecified atom stereocenters. The second-order valence-corrected chi connectivity index (χ2v) is 8.86. The van der Waals surface area contributed by atoms with Crippen molar-refractivity contribution in [2.75, 3.05) is 12.0 Å². The number of thioether (sulfide) groups is 1. The Bertz CT molecular complexity index is 1090. The van der Waals surface area contributed by atoms with Gasteiger partial charge in [0.1, 0.15) is 5.82 Å². The number of benzene rings is 2. The van der Waals surface area contributed by atoms with E-state index in [-0.39, 0.29) is 18.0 Å². The molecule has 0 aliphatic carbocycles. The Morgan fingerprint density at radius 2 is 1.87 bits per heavy atom. The molecule has 0 aliphatic rings. The van der Waals surface area contributed by atoms with E-state index in [1.165, 1.54) is 0 Å². The first-order chi connectivity index (χ1) is 15.1.